The molecule has 0 radical (unpaired) electrons. The molecule has 4 nitrogen and oxygen atoms in total. The van der Waals surface area contributed by atoms with Gasteiger partial charge in [-0.15, -0.1) is 0 Å². The Morgan fingerprint density at radius 1 is 1.35 bits per heavy atom. The Balaban J connectivity index is 2.77. The maximum Gasteiger partial charge on any atom is 0.347 e. The highest BCUT2D eigenvalue weighted by atomic mass is 16.6. The predicted octanol–water partition coefficient (Wildman–Crippen LogP) is 2.07. The van der Waals surface area contributed by atoms with Gasteiger partial charge in [0.1, 0.15) is 5.75 Å². The van der Waals surface area contributed by atoms with Crippen LogP contribution in [0.3, 0.4) is 0 Å². The van der Waals surface area contributed by atoms with E-state index in [1.165, 1.54) is 0 Å². The summed E-state index contributed by atoms with van der Waals surface area (Å²) in [6, 6.07) is 7.08. The molecule has 0 spiro atoms. The molecule has 0 saturated heterocycles. The van der Waals surface area contributed by atoms with Crippen LogP contribution in [0.25, 0.3) is 0 Å². The van der Waals surface area contributed by atoms with Crippen molar-refractivity contribution < 1.29 is 19.4 Å². The van der Waals surface area contributed by atoms with Crippen LogP contribution in [0.4, 0.5) is 0 Å². The molecular weight excluding hydrogens is 220 g/mol. The monoisotopic (exact) mass is 238 g/mol. The third-order valence-corrected chi connectivity index (χ3v) is 2.29. The number of para-hydroxylation sites is 1. The van der Waals surface area contributed by atoms with Crippen molar-refractivity contribution in [1.82, 2.24) is 0 Å². The van der Waals surface area contributed by atoms with Crippen LogP contribution < -0.4 is 4.74 Å². The lowest BCUT2D eigenvalue weighted by atomic mass is 10.1. The van der Waals surface area contributed by atoms with E-state index in [1.54, 1.807) is 39.0 Å². The van der Waals surface area contributed by atoms with Gasteiger partial charge in [-0.3, -0.25) is 0 Å². The van der Waals surface area contributed by atoms with Gasteiger partial charge in [-0.05, 0) is 26.8 Å². The summed E-state index contributed by atoms with van der Waals surface area (Å²) in [4.78, 5) is 11.4. The van der Waals surface area contributed by atoms with E-state index >= 15 is 0 Å². The van der Waals surface area contributed by atoms with E-state index in [9.17, 15) is 9.90 Å². The zero-order valence-electron chi connectivity index (χ0n) is 10.3. The molecule has 0 saturated carbocycles. The molecule has 17 heavy (non-hydrogen) atoms. The standard InChI is InChI=1S/C13H18O4/c1-4-16-13(15)10(3)17-12-8-6-5-7-11(12)9(2)14/h5-10,14H,4H2,1-3H3/t9-,10?/m1/s1. The van der Waals surface area contributed by atoms with Crippen LogP contribution in [0, 0.1) is 0 Å². The lowest BCUT2D eigenvalue weighted by Crippen LogP contribution is -2.26. The summed E-state index contributed by atoms with van der Waals surface area (Å²) in [5.41, 5.74) is 0.656. The van der Waals surface area contributed by atoms with E-state index in [1.807, 2.05) is 6.07 Å². The van der Waals surface area contributed by atoms with Crippen molar-refractivity contribution in [3.05, 3.63) is 29.8 Å². The van der Waals surface area contributed by atoms with Crippen LogP contribution in [-0.2, 0) is 9.53 Å². The van der Waals surface area contributed by atoms with Crippen molar-refractivity contribution in [3.8, 4) is 5.75 Å². The summed E-state index contributed by atoms with van der Waals surface area (Å²) < 4.78 is 10.3. The molecule has 4 heteroatoms. The van der Waals surface area contributed by atoms with Gasteiger partial charge in [0, 0.05) is 5.56 Å². The largest absolute Gasteiger partial charge is 0.479 e. The van der Waals surface area contributed by atoms with Crippen LogP contribution >= 0.6 is 0 Å². The molecule has 0 fully saturated rings. The molecule has 0 heterocycles. The fraction of sp³-hybridized carbons (Fsp3) is 0.462. The summed E-state index contributed by atoms with van der Waals surface area (Å²) >= 11 is 0. The number of aliphatic hydroxyl groups excluding tert-OH is 1. The molecule has 1 N–H and O–H groups in total. The van der Waals surface area contributed by atoms with Gasteiger partial charge in [0.25, 0.3) is 0 Å². The minimum atomic E-state index is -0.685. The Bertz CT molecular complexity index is 373. The normalized spacial score (nSPS) is 13.9. The number of aliphatic hydroxyl groups is 1. The Hall–Kier alpha value is -1.55. The molecule has 2 atom stereocenters. The molecule has 94 valence electrons. The summed E-state index contributed by atoms with van der Waals surface area (Å²) in [6.07, 6.45) is -1.32. The van der Waals surface area contributed by atoms with E-state index < -0.39 is 18.2 Å². The van der Waals surface area contributed by atoms with Crippen molar-refractivity contribution >= 4 is 5.97 Å². The van der Waals surface area contributed by atoms with Crippen molar-refractivity contribution in [3.63, 3.8) is 0 Å². The first-order chi connectivity index (χ1) is 8.06. The molecule has 0 aromatic heterocycles. The van der Waals surface area contributed by atoms with Gasteiger partial charge in [0.05, 0.1) is 12.7 Å². The van der Waals surface area contributed by atoms with Crippen molar-refractivity contribution in [1.29, 1.82) is 0 Å². The fourth-order valence-electron chi connectivity index (χ4n) is 1.43. The van der Waals surface area contributed by atoms with Crippen LogP contribution in [0.1, 0.15) is 32.4 Å². The maximum absolute atomic E-state index is 11.4. The van der Waals surface area contributed by atoms with Gasteiger partial charge >= 0.3 is 5.97 Å². The summed E-state index contributed by atoms with van der Waals surface area (Å²) in [6.45, 7) is 5.34. The van der Waals surface area contributed by atoms with E-state index in [0.717, 1.165) is 0 Å². The average molecular weight is 238 g/mol. The first-order valence-corrected chi connectivity index (χ1v) is 5.66. The van der Waals surface area contributed by atoms with Gasteiger partial charge in [-0.2, -0.15) is 0 Å². The second-order valence-electron chi connectivity index (χ2n) is 3.73. The van der Waals surface area contributed by atoms with Crippen LogP contribution in [0.5, 0.6) is 5.75 Å². The molecule has 0 aliphatic rings. The molecular formula is C13H18O4. The predicted molar refractivity (Wildman–Crippen MR) is 63.8 cm³/mol. The van der Waals surface area contributed by atoms with E-state index in [0.29, 0.717) is 17.9 Å². The molecule has 1 aromatic rings. The van der Waals surface area contributed by atoms with Gasteiger partial charge in [0.2, 0.25) is 0 Å². The molecule has 1 unspecified atom stereocenters. The number of carbonyl (C=O) groups is 1. The Kier molecular flexibility index (Phi) is 4.97. The topological polar surface area (TPSA) is 55.8 Å². The molecule has 0 amide bonds. The van der Waals surface area contributed by atoms with Crippen molar-refractivity contribution in [2.75, 3.05) is 6.61 Å². The molecule has 0 bridgehead atoms. The lowest BCUT2D eigenvalue weighted by molar-refractivity contribution is -0.150. The van der Waals surface area contributed by atoms with Gasteiger partial charge in [-0.1, -0.05) is 18.2 Å². The molecule has 0 aliphatic heterocycles. The summed E-state index contributed by atoms with van der Waals surface area (Å²) in [5.74, 6) is 0.0935. The number of carbonyl (C=O) groups excluding carboxylic acids is 1. The van der Waals surface area contributed by atoms with Crippen molar-refractivity contribution in [2.45, 2.75) is 33.0 Å². The lowest BCUT2D eigenvalue weighted by Gasteiger charge is -2.17. The van der Waals surface area contributed by atoms with E-state index in [2.05, 4.69) is 0 Å². The minimum absolute atomic E-state index is 0.324. The number of esters is 1. The van der Waals surface area contributed by atoms with Crippen LogP contribution in [0.2, 0.25) is 0 Å². The Labute approximate surface area is 101 Å². The molecule has 0 aliphatic carbocycles. The zero-order valence-corrected chi connectivity index (χ0v) is 10.3. The third kappa shape index (κ3) is 3.75. The highest BCUT2D eigenvalue weighted by molar-refractivity contribution is 5.74. The Morgan fingerprint density at radius 3 is 2.59 bits per heavy atom. The second kappa shape index (κ2) is 6.25. The zero-order chi connectivity index (χ0) is 12.8. The third-order valence-electron chi connectivity index (χ3n) is 2.29. The maximum atomic E-state index is 11.4. The van der Waals surface area contributed by atoms with E-state index in [-0.39, 0.29) is 0 Å². The number of hydrogen-bond acceptors (Lipinski definition) is 4. The minimum Gasteiger partial charge on any atom is -0.479 e. The SMILES string of the molecule is CCOC(=O)C(C)Oc1ccccc1[C@@H](C)O. The molecule has 1 aromatic carbocycles. The number of ether oxygens (including phenoxy) is 2. The smallest absolute Gasteiger partial charge is 0.347 e. The fourth-order valence-corrected chi connectivity index (χ4v) is 1.43. The number of hydrogen-bond donors (Lipinski definition) is 1. The van der Waals surface area contributed by atoms with Gasteiger partial charge < -0.3 is 14.6 Å². The highest BCUT2D eigenvalue weighted by Gasteiger charge is 2.18. The van der Waals surface area contributed by atoms with Gasteiger partial charge in [0.15, 0.2) is 6.10 Å². The molecule has 1 rings (SSSR count). The van der Waals surface area contributed by atoms with E-state index in [4.69, 9.17) is 9.47 Å². The quantitative estimate of drug-likeness (QED) is 0.798. The summed E-state index contributed by atoms with van der Waals surface area (Å²) in [5, 5.41) is 9.56. The van der Waals surface area contributed by atoms with Crippen LogP contribution in [-0.4, -0.2) is 23.8 Å². The number of benzene rings is 1. The van der Waals surface area contributed by atoms with Crippen LogP contribution in [0.15, 0.2) is 24.3 Å². The summed E-state index contributed by atoms with van der Waals surface area (Å²) in [7, 11) is 0. The first-order valence-electron chi connectivity index (χ1n) is 5.66. The second-order valence-corrected chi connectivity index (χ2v) is 3.73. The first kappa shape index (κ1) is 13.5. The van der Waals surface area contributed by atoms with Crippen molar-refractivity contribution in [2.24, 2.45) is 0 Å². The Morgan fingerprint density at radius 2 is 2.00 bits per heavy atom. The van der Waals surface area contributed by atoms with Gasteiger partial charge in [-0.25, -0.2) is 4.79 Å². The highest BCUT2D eigenvalue weighted by Crippen LogP contribution is 2.25. The average Bonchev–Trinajstić information content (AvgIpc) is 2.29. The number of rotatable bonds is 5.